The molecule has 0 aromatic carbocycles. The first-order valence-corrected chi connectivity index (χ1v) is 3.95. The third kappa shape index (κ3) is 1.19. The summed E-state index contributed by atoms with van der Waals surface area (Å²) >= 11 is 5.71. The Bertz CT molecular complexity index is 370. The Morgan fingerprint density at radius 3 is 3.15 bits per heavy atom. The first-order chi connectivity index (χ1) is 6.20. The van der Waals surface area contributed by atoms with Gasteiger partial charge in [0.2, 0.25) is 0 Å². The second-order valence-electron chi connectivity index (χ2n) is 2.61. The van der Waals surface area contributed by atoms with E-state index < -0.39 is 11.0 Å². The maximum absolute atomic E-state index is 10.6. The third-order valence-electron chi connectivity index (χ3n) is 1.89. The molecule has 0 saturated heterocycles. The minimum Gasteiger partial charge on any atom is -0.362 e. The van der Waals surface area contributed by atoms with Gasteiger partial charge in [0.15, 0.2) is 0 Å². The van der Waals surface area contributed by atoms with Crippen molar-refractivity contribution in [3.63, 3.8) is 0 Å². The summed E-state index contributed by atoms with van der Waals surface area (Å²) in [5.41, 5.74) is 0.383. The van der Waals surface area contributed by atoms with Crippen LogP contribution < -0.4 is 5.32 Å². The molecule has 1 N–H and O–H groups in total. The average Bonchev–Trinajstić information content (AvgIpc) is 2.49. The van der Waals surface area contributed by atoms with E-state index in [-0.39, 0.29) is 11.7 Å². The molecule has 1 unspecified atom stereocenters. The second-order valence-corrected chi connectivity index (χ2v) is 2.97. The van der Waals surface area contributed by atoms with Gasteiger partial charge in [-0.15, -0.1) is 0 Å². The Hall–Kier alpha value is -1.43. The van der Waals surface area contributed by atoms with E-state index in [1.165, 1.54) is 6.33 Å². The number of hydrogen-bond acceptors (Lipinski definition) is 5. The van der Waals surface area contributed by atoms with Crippen molar-refractivity contribution in [2.24, 2.45) is 0 Å². The number of rotatable bonds is 1. The molecule has 7 heteroatoms. The van der Waals surface area contributed by atoms with Crippen LogP contribution in [0.15, 0.2) is 6.33 Å². The van der Waals surface area contributed by atoms with Gasteiger partial charge < -0.3 is 5.32 Å². The fourth-order valence-electron chi connectivity index (χ4n) is 1.29. The van der Waals surface area contributed by atoms with E-state index in [0.717, 1.165) is 0 Å². The molecule has 2 rings (SSSR count). The van der Waals surface area contributed by atoms with Gasteiger partial charge in [0, 0.05) is 4.92 Å². The first-order valence-electron chi connectivity index (χ1n) is 3.58. The summed E-state index contributed by atoms with van der Waals surface area (Å²) < 4.78 is 0. The highest BCUT2D eigenvalue weighted by Crippen LogP contribution is 2.33. The van der Waals surface area contributed by atoms with Gasteiger partial charge in [-0.05, 0) is 0 Å². The van der Waals surface area contributed by atoms with E-state index in [9.17, 15) is 10.1 Å². The van der Waals surface area contributed by atoms with E-state index in [1.807, 2.05) is 0 Å². The molecule has 68 valence electrons. The van der Waals surface area contributed by atoms with E-state index >= 15 is 0 Å². The van der Waals surface area contributed by atoms with Crippen LogP contribution in [0.25, 0.3) is 0 Å². The van der Waals surface area contributed by atoms with Crippen molar-refractivity contribution in [2.45, 2.75) is 6.04 Å². The number of fused-ring (bicyclic) bond motifs is 1. The molecule has 0 aliphatic carbocycles. The lowest BCUT2D eigenvalue weighted by Crippen LogP contribution is -2.12. The molecule has 1 aromatic rings. The predicted molar refractivity (Wildman–Crippen MR) is 45.3 cm³/mol. The normalized spacial score (nSPS) is 19.3. The highest BCUT2D eigenvalue weighted by Gasteiger charge is 2.35. The summed E-state index contributed by atoms with van der Waals surface area (Å²) in [6.07, 6.45) is 1.27. The number of anilines is 1. The Morgan fingerprint density at radius 2 is 2.46 bits per heavy atom. The van der Waals surface area contributed by atoms with Gasteiger partial charge in [-0.2, -0.15) is 0 Å². The molecule has 0 fully saturated rings. The van der Waals surface area contributed by atoms with Crippen LogP contribution in [0.4, 0.5) is 5.82 Å². The van der Waals surface area contributed by atoms with Gasteiger partial charge in [0.25, 0.3) is 6.04 Å². The summed E-state index contributed by atoms with van der Waals surface area (Å²) in [6, 6.07) is -0.830. The van der Waals surface area contributed by atoms with Gasteiger partial charge in [-0.1, -0.05) is 11.6 Å². The van der Waals surface area contributed by atoms with Crippen LogP contribution in [0.1, 0.15) is 11.6 Å². The van der Waals surface area contributed by atoms with Crippen molar-refractivity contribution in [3.8, 4) is 0 Å². The van der Waals surface area contributed by atoms with Crippen LogP contribution in [-0.4, -0.2) is 21.4 Å². The number of nitrogens with one attached hydrogen (secondary N) is 1. The van der Waals surface area contributed by atoms with Crippen molar-refractivity contribution in [3.05, 3.63) is 27.2 Å². The highest BCUT2D eigenvalue weighted by atomic mass is 35.5. The zero-order valence-corrected chi connectivity index (χ0v) is 7.15. The largest absolute Gasteiger partial charge is 0.362 e. The SMILES string of the molecule is O=[N+]([O-])C1CNc2ncnc(Cl)c21. The molecule has 1 aliphatic rings. The standard InChI is InChI=1S/C6H5ClN4O2/c7-5-4-3(11(12)13)1-8-6(4)10-2-9-5/h2-3H,1H2,(H,8,9,10). The topological polar surface area (TPSA) is 81.0 Å². The smallest absolute Gasteiger partial charge is 0.261 e. The lowest BCUT2D eigenvalue weighted by atomic mass is 10.2. The number of aromatic nitrogens is 2. The van der Waals surface area contributed by atoms with Crippen LogP contribution in [-0.2, 0) is 0 Å². The summed E-state index contributed by atoms with van der Waals surface area (Å²) in [5.74, 6) is 0.460. The maximum Gasteiger partial charge on any atom is 0.261 e. The van der Waals surface area contributed by atoms with Gasteiger partial charge in [0.1, 0.15) is 22.9 Å². The van der Waals surface area contributed by atoms with Gasteiger partial charge >= 0.3 is 0 Å². The van der Waals surface area contributed by atoms with Crippen molar-refractivity contribution >= 4 is 17.4 Å². The van der Waals surface area contributed by atoms with E-state index in [0.29, 0.717) is 11.4 Å². The molecular weight excluding hydrogens is 196 g/mol. The lowest BCUT2D eigenvalue weighted by molar-refractivity contribution is -0.523. The molecule has 0 radical (unpaired) electrons. The summed E-state index contributed by atoms with van der Waals surface area (Å²) in [7, 11) is 0. The van der Waals surface area contributed by atoms with Crippen LogP contribution in [0.3, 0.4) is 0 Å². The summed E-state index contributed by atoms with van der Waals surface area (Å²) in [4.78, 5) is 17.7. The third-order valence-corrected chi connectivity index (χ3v) is 2.19. The Kier molecular flexibility index (Phi) is 1.77. The Labute approximate surface area is 78.1 Å². The van der Waals surface area contributed by atoms with Crippen molar-refractivity contribution < 1.29 is 4.92 Å². The lowest BCUT2D eigenvalue weighted by Gasteiger charge is -2.01. The quantitative estimate of drug-likeness (QED) is 0.413. The zero-order chi connectivity index (χ0) is 9.42. The molecule has 1 aliphatic heterocycles. The van der Waals surface area contributed by atoms with E-state index in [4.69, 9.17) is 11.6 Å². The fraction of sp³-hybridized carbons (Fsp3) is 0.333. The monoisotopic (exact) mass is 200 g/mol. The summed E-state index contributed by atoms with van der Waals surface area (Å²) in [6.45, 7) is 0.223. The minimum atomic E-state index is -0.830. The molecule has 0 spiro atoms. The predicted octanol–water partition coefficient (Wildman–Crippen LogP) is 0.873. The molecule has 2 heterocycles. The molecule has 1 atom stereocenters. The molecule has 0 amide bonds. The fourth-order valence-corrected chi connectivity index (χ4v) is 1.54. The summed E-state index contributed by atoms with van der Waals surface area (Å²) in [5, 5.41) is 13.5. The zero-order valence-electron chi connectivity index (χ0n) is 6.40. The maximum atomic E-state index is 10.6. The highest BCUT2D eigenvalue weighted by molar-refractivity contribution is 6.30. The van der Waals surface area contributed by atoms with Gasteiger partial charge in [0.05, 0.1) is 6.54 Å². The molecule has 0 bridgehead atoms. The van der Waals surface area contributed by atoms with Crippen LogP contribution >= 0.6 is 11.6 Å². The Balaban J connectivity index is 2.52. The molecule has 1 aromatic heterocycles. The average molecular weight is 201 g/mol. The van der Waals surface area contributed by atoms with Crippen LogP contribution in [0, 0.1) is 10.1 Å². The van der Waals surface area contributed by atoms with E-state index in [2.05, 4.69) is 15.3 Å². The van der Waals surface area contributed by atoms with Gasteiger partial charge in [-0.25, -0.2) is 9.97 Å². The van der Waals surface area contributed by atoms with Crippen LogP contribution in [0.2, 0.25) is 5.15 Å². The van der Waals surface area contributed by atoms with Crippen molar-refractivity contribution in [1.29, 1.82) is 0 Å². The van der Waals surface area contributed by atoms with Crippen molar-refractivity contribution in [1.82, 2.24) is 9.97 Å². The molecule has 0 saturated carbocycles. The number of nitrogens with zero attached hydrogens (tertiary/aromatic N) is 3. The van der Waals surface area contributed by atoms with Crippen LogP contribution in [0.5, 0.6) is 0 Å². The van der Waals surface area contributed by atoms with E-state index in [1.54, 1.807) is 0 Å². The number of nitro groups is 1. The second kappa shape index (κ2) is 2.81. The number of halogens is 1. The van der Waals surface area contributed by atoms with Gasteiger partial charge in [-0.3, -0.25) is 10.1 Å². The Morgan fingerprint density at radius 1 is 1.69 bits per heavy atom. The minimum absolute atomic E-state index is 0.150. The van der Waals surface area contributed by atoms with Crippen molar-refractivity contribution in [2.75, 3.05) is 11.9 Å². The molecule has 13 heavy (non-hydrogen) atoms. The number of hydrogen-bond donors (Lipinski definition) is 1. The first kappa shape index (κ1) is 8.18. The molecular formula is C6H5ClN4O2. The molecule has 6 nitrogen and oxygen atoms in total.